The summed E-state index contributed by atoms with van der Waals surface area (Å²) in [5.41, 5.74) is 2.39. The van der Waals surface area contributed by atoms with Crippen molar-refractivity contribution >= 4 is 46.7 Å². The Bertz CT molecular complexity index is 1380. The van der Waals surface area contributed by atoms with Crippen LogP contribution < -0.4 is 10.6 Å². The number of amides is 1. The Morgan fingerprint density at radius 3 is 2.48 bits per heavy atom. The summed E-state index contributed by atoms with van der Waals surface area (Å²) < 4.78 is 15.6. The highest BCUT2D eigenvalue weighted by Gasteiger charge is 2.27. The van der Waals surface area contributed by atoms with Crippen molar-refractivity contribution in [1.29, 1.82) is 0 Å². The van der Waals surface area contributed by atoms with Gasteiger partial charge in [0.25, 0.3) is 11.9 Å². The van der Waals surface area contributed by atoms with Gasteiger partial charge in [0, 0.05) is 15.7 Å². The number of allylic oxidation sites excluding steroid dienone is 1. The normalized spacial score (nSPS) is 14.8. The maximum Gasteiger partial charge on any atom is 0.261 e. The Morgan fingerprint density at radius 2 is 1.73 bits per heavy atom. The van der Waals surface area contributed by atoms with Crippen molar-refractivity contribution < 1.29 is 9.18 Å². The Kier molecular flexibility index (Phi) is 5.58. The van der Waals surface area contributed by atoms with Crippen LogP contribution in [0.5, 0.6) is 0 Å². The molecule has 0 unspecified atom stereocenters. The zero-order valence-corrected chi connectivity index (χ0v) is 18.5. The highest BCUT2D eigenvalue weighted by molar-refractivity contribution is 6.31. The second-order valence-electron chi connectivity index (χ2n) is 7.32. The highest BCUT2D eigenvalue weighted by Crippen LogP contribution is 2.36. The fourth-order valence-corrected chi connectivity index (χ4v) is 3.97. The minimum absolute atomic E-state index is 0.0357. The van der Waals surface area contributed by atoms with Gasteiger partial charge >= 0.3 is 0 Å². The summed E-state index contributed by atoms with van der Waals surface area (Å²) in [5, 5.41) is 11.4. The van der Waals surface area contributed by atoms with Crippen LogP contribution in [0.25, 0.3) is 5.70 Å². The summed E-state index contributed by atoms with van der Waals surface area (Å²) in [7, 11) is 0. The van der Waals surface area contributed by atoms with E-state index in [0.717, 1.165) is 16.8 Å². The number of halogens is 3. The molecule has 3 aromatic carbocycles. The van der Waals surface area contributed by atoms with Crippen LogP contribution in [0, 0.1) is 5.82 Å². The number of hydrogen-bond donors (Lipinski definition) is 2. The van der Waals surface area contributed by atoms with Crippen molar-refractivity contribution in [2.75, 3.05) is 10.6 Å². The van der Waals surface area contributed by atoms with Crippen LogP contribution in [0.15, 0.2) is 78.9 Å². The second kappa shape index (κ2) is 8.69. The smallest absolute Gasteiger partial charge is 0.261 e. The van der Waals surface area contributed by atoms with Gasteiger partial charge in [0.1, 0.15) is 11.9 Å². The third kappa shape index (κ3) is 4.20. The van der Waals surface area contributed by atoms with Crippen molar-refractivity contribution in [2.45, 2.75) is 6.04 Å². The number of carbonyl (C=O) groups is 1. The Labute approximate surface area is 198 Å². The van der Waals surface area contributed by atoms with E-state index in [1.54, 1.807) is 28.9 Å². The van der Waals surface area contributed by atoms with Crippen LogP contribution in [0.1, 0.15) is 27.5 Å². The van der Waals surface area contributed by atoms with E-state index in [2.05, 4.69) is 20.7 Å². The first-order chi connectivity index (χ1) is 16.0. The van der Waals surface area contributed by atoms with Gasteiger partial charge in [-0.2, -0.15) is 4.98 Å². The van der Waals surface area contributed by atoms with E-state index in [0.29, 0.717) is 16.0 Å². The number of nitrogens with zero attached hydrogens (tertiary/aromatic N) is 3. The number of carbonyl (C=O) groups excluding carboxylic acids is 1. The largest absolute Gasteiger partial charge is 0.324 e. The molecule has 0 radical (unpaired) electrons. The molecule has 33 heavy (non-hydrogen) atoms. The summed E-state index contributed by atoms with van der Waals surface area (Å²) >= 11 is 12.5. The number of benzene rings is 3. The quantitative estimate of drug-likeness (QED) is 0.374. The molecule has 0 spiro atoms. The summed E-state index contributed by atoms with van der Waals surface area (Å²) in [4.78, 5) is 17.0. The van der Waals surface area contributed by atoms with Crippen LogP contribution in [0.4, 0.5) is 16.3 Å². The van der Waals surface area contributed by atoms with Gasteiger partial charge in [0.15, 0.2) is 0 Å². The molecule has 0 aliphatic carbocycles. The lowest BCUT2D eigenvalue weighted by Gasteiger charge is -2.24. The molecule has 1 amide bonds. The third-order valence-corrected chi connectivity index (χ3v) is 5.78. The van der Waals surface area contributed by atoms with E-state index in [4.69, 9.17) is 23.2 Å². The average molecular weight is 480 g/mol. The van der Waals surface area contributed by atoms with E-state index in [-0.39, 0.29) is 11.5 Å². The molecule has 1 aliphatic heterocycles. The van der Waals surface area contributed by atoms with Crippen molar-refractivity contribution in [2.24, 2.45) is 0 Å². The first kappa shape index (κ1) is 21.2. The maximum absolute atomic E-state index is 14.0. The molecule has 5 rings (SSSR count). The molecule has 164 valence electrons. The fourth-order valence-electron chi connectivity index (χ4n) is 3.59. The van der Waals surface area contributed by atoms with Gasteiger partial charge in [-0.1, -0.05) is 65.7 Å². The number of fused-ring (bicyclic) bond motifs is 1. The summed E-state index contributed by atoms with van der Waals surface area (Å²) in [5.74, 6) is -0.835. The molecule has 1 aromatic heterocycles. The molecule has 0 saturated heterocycles. The zero-order valence-electron chi connectivity index (χ0n) is 17.0. The number of hydrogen-bond acceptors (Lipinski definition) is 4. The molecule has 6 nitrogen and oxygen atoms in total. The molecule has 9 heteroatoms. The van der Waals surface area contributed by atoms with Crippen LogP contribution in [-0.2, 0) is 0 Å². The lowest BCUT2D eigenvalue weighted by molar-refractivity contribution is 0.102. The monoisotopic (exact) mass is 479 g/mol. The molecule has 0 saturated carbocycles. The topological polar surface area (TPSA) is 71.8 Å². The highest BCUT2D eigenvalue weighted by atomic mass is 35.5. The van der Waals surface area contributed by atoms with E-state index in [9.17, 15) is 9.18 Å². The Balaban J connectivity index is 1.53. The summed E-state index contributed by atoms with van der Waals surface area (Å²) in [6.45, 7) is 0. The molecule has 1 atom stereocenters. The maximum atomic E-state index is 14.0. The van der Waals surface area contributed by atoms with Gasteiger partial charge in [0.2, 0.25) is 5.95 Å². The van der Waals surface area contributed by atoms with Crippen molar-refractivity contribution in [3.05, 3.63) is 111 Å². The van der Waals surface area contributed by atoms with Gasteiger partial charge in [-0.25, -0.2) is 9.07 Å². The Hall–Kier alpha value is -3.68. The predicted molar refractivity (Wildman–Crippen MR) is 127 cm³/mol. The van der Waals surface area contributed by atoms with Gasteiger partial charge < -0.3 is 5.32 Å². The van der Waals surface area contributed by atoms with Gasteiger partial charge in [-0.05, 0) is 47.5 Å². The molecular weight excluding hydrogens is 464 g/mol. The first-order valence-corrected chi connectivity index (χ1v) is 10.8. The van der Waals surface area contributed by atoms with Crippen LogP contribution in [0.2, 0.25) is 10.0 Å². The molecule has 0 bridgehead atoms. The van der Waals surface area contributed by atoms with Crippen LogP contribution in [0.3, 0.4) is 0 Å². The van der Waals surface area contributed by atoms with Gasteiger partial charge in [0.05, 0.1) is 5.56 Å². The van der Waals surface area contributed by atoms with E-state index < -0.39 is 17.8 Å². The predicted octanol–water partition coefficient (Wildman–Crippen LogP) is 6.03. The zero-order chi connectivity index (χ0) is 22.9. The number of anilines is 2. The molecule has 2 N–H and O–H groups in total. The van der Waals surface area contributed by atoms with Crippen molar-refractivity contribution in [1.82, 2.24) is 14.8 Å². The van der Waals surface area contributed by atoms with E-state index in [1.807, 2.05) is 36.4 Å². The van der Waals surface area contributed by atoms with Crippen molar-refractivity contribution in [3.63, 3.8) is 0 Å². The van der Waals surface area contributed by atoms with E-state index >= 15 is 0 Å². The lowest BCUT2D eigenvalue weighted by Crippen LogP contribution is -2.20. The number of rotatable bonds is 4. The Morgan fingerprint density at radius 1 is 1.00 bits per heavy atom. The summed E-state index contributed by atoms with van der Waals surface area (Å²) in [6, 6.07) is 20.1. The molecular formula is C24H16Cl2FN5O. The van der Waals surface area contributed by atoms with Crippen LogP contribution in [-0.4, -0.2) is 20.7 Å². The molecule has 0 fully saturated rings. The lowest BCUT2D eigenvalue weighted by atomic mass is 10.0. The average Bonchev–Trinajstić information content (AvgIpc) is 3.22. The summed E-state index contributed by atoms with van der Waals surface area (Å²) in [6.07, 6.45) is 1.97. The number of aromatic nitrogens is 3. The van der Waals surface area contributed by atoms with E-state index in [1.165, 1.54) is 18.2 Å². The first-order valence-electron chi connectivity index (χ1n) is 10.0. The number of nitrogens with one attached hydrogen (secondary N) is 2. The minimum atomic E-state index is -0.642. The fraction of sp³-hybridized carbons (Fsp3) is 0.0417. The van der Waals surface area contributed by atoms with Crippen LogP contribution >= 0.6 is 23.2 Å². The van der Waals surface area contributed by atoms with Crippen molar-refractivity contribution in [3.8, 4) is 0 Å². The SMILES string of the molecule is O=C(Nc1nc2n(n1)[C@H](c1ccccc1Cl)C=C(c1ccc(Cl)cc1)N2)c1ccccc1F. The minimum Gasteiger partial charge on any atom is -0.324 e. The van der Waals surface area contributed by atoms with Gasteiger partial charge in [-0.3, -0.25) is 10.1 Å². The molecule has 1 aliphatic rings. The molecule has 2 heterocycles. The standard InChI is InChI=1S/C24H16Cl2FN5O/c25-15-11-9-14(10-12-15)20-13-21(16-5-1-3-7-18(16)26)32-24(28-20)30-23(31-32)29-22(33)17-6-2-4-8-19(17)27/h1-13,21H,(H2,28,29,30,31,33)/t21-/m0/s1. The molecule has 4 aromatic rings. The second-order valence-corrected chi connectivity index (χ2v) is 8.16. The van der Waals surface area contributed by atoms with Gasteiger partial charge in [-0.15, -0.1) is 5.10 Å². The third-order valence-electron chi connectivity index (χ3n) is 5.19.